The van der Waals surface area contributed by atoms with Crippen molar-refractivity contribution in [1.82, 2.24) is 0 Å². The van der Waals surface area contributed by atoms with Crippen LogP contribution in [0.25, 0.3) is 0 Å². The van der Waals surface area contributed by atoms with Crippen LogP contribution in [-0.2, 0) is 19.1 Å². The van der Waals surface area contributed by atoms with Gasteiger partial charge in [0.15, 0.2) is 0 Å². The minimum atomic E-state index is -0.909. The van der Waals surface area contributed by atoms with Gasteiger partial charge in [-0.3, -0.25) is 9.59 Å². The molecule has 6 N–H and O–H groups in total. The lowest BCUT2D eigenvalue weighted by Crippen LogP contribution is -2.56. The molecule has 12 unspecified atom stereocenters. The number of rotatable bonds is 2. The quantitative estimate of drug-likeness (QED) is 0.115. The van der Waals surface area contributed by atoms with E-state index in [0.29, 0.717) is 74.9 Å². The summed E-state index contributed by atoms with van der Waals surface area (Å²) in [6.45, 7) is 26.0. The molecule has 16 aliphatic carbocycles. The van der Waals surface area contributed by atoms with E-state index in [0.717, 1.165) is 170 Å². The zero-order valence-electron chi connectivity index (χ0n) is 64.5. The number of ether oxygens (including phenoxy) is 2. The van der Waals surface area contributed by atoms with Crippen LogP contribution in [-0.4, -0.2) is 89.4 Å². The molecule has 100 heavy (non-hydrogen) atoms. The van der Waals surface area contributed by atoms with Crippen LogP contribution in [0, 0.1) is 186 Å². The molecule has 556 valence electrons. The summed E-state index contributed by atoms with van der Waals surface area (Å²) in [5.74, 6) is 28.8. The maximum atomic E-state index is 11.4. The Hall–Kier alpha value is -3.06. The van der Waals surface area contributed by atoms with E-state index < -0.39 is 22.4 Å². The summed E-state index contributed by atoms with van der Waals surface area (Å²) in [4.78, 5) is 22.8. The molecule has 10 heteroatoms. The van der Waals surface area contributed by atoms with E-state index in [1.165, 1.54) is 117 Å². The van der Waals surface area contributed by atoms with E-state index in [1.807, 2.05) is 13.8 Å². The maximum Gasteiger partial charge on any atom is 0.302 e. The molecule has 0 spiro atoms. The lowest BCUT2D eigenvalue weighted by atomic mass is 9.44. The number of esters is 2. The normalized spacial score (nSPS) is 54.6. The molecule has 10 nitrogen and oxygen atoms in total. The molecule has 16 saturated carbocycles. The second-order valence-electron chi connectivity index (χ2n) is 40.0. The number of terminal acetylenes is 2. The molecule has 0 aromatic carbocycles. The molecule has 16 rings (SSSR count). The third kappa shape index (κ3) is 11.8. The second kappa shape index (κ2) is 27.0. The molecular weight excluding hydrogens is 1240 g/mol. The van der Waals surface area contributed by atoms with E-state index in [9.17, 15) is 40.2 Å². The van der Waals surface area contributed by atoms with Crippen LogP contribution >= 0.6 is 0 Å². The Morgan fingerprint density at radius 3 is 0.850 bits per heavy atom. The van der Waals surface area contributed by atoms with Gasteiger partial charge in [-0.05, 0) is 361 Å². The van der Waals surface area contributed by atoms with E-state index in [1.54, 1.807) is 0 Å². The Labute approximate surface area is 605 Å². The van der Waals surface area contributed by atoms with Crippen molar-refractivity contribution in [2.45, 2.75) is 361 Å². The van der Waals surface area contributed by atoms with E-state index in [2.05, 4.69) is 90.9 Å². The summed E-state index contributed by atoms with van der Waals surface area (Å²) in [7, 11) is 0. The summed E-state index contributed by atoms with van der Waals surface area (Å²) >= 11 is 0. The zero-order valence-corrected chi connectivity index (χ0v) is 64.5. The first-order valence-corrected chi connectivity index (χ1v) is 41.6. The van der Waals surface area contributed by atoms with Crippen molar-refractivity contribution in [2.24, 2.45) is 138 Å². The SMILES string of the molecule is C#C[C@]1(O)CCC2C3CC[C@H]4C[C@H](O)CC[C@]4(C)C3CC[C@@]21C.C#C[C@]1(O)CCC2C3CC[C@H]4C[C@H](OC(C)=O)CC[C@]4(C)C3CC[C@@]21C.CC#C[C@]1(O)CCC2C3CC[C@H]4C[C@H](O)CC[C@]4(C)C3CC[C@@]21C.CC#C[C@]1(O)CCC2C3CC[C@H]4C[C@H](OC(C)=O)CC[C@]4(C)C3CC[C@@]21C. The minimum Gasteiger partial charge on any atom is -0.463 e. The van der Waals surface area contributed by atoms with Gasteiger partial charge in [0.05, 0.1) is 12.2 Å². The van der Waals surface area contributed by atoms with E-state index >= 15 is 0 Å². The number of carbonyl (C=O) groups is 2. The van der Waals surface area contributed by atoms with Gasteiger partial charge in [-0.15, -0.1) is 24.7 Å². The van der Waals surface area contributed by atoms with Crippen molar-refractivity contribution in [3.8, 4) is 48.4 Å². The fraction of sp³-hybridized carbons (Fsp3) is 0.889. The second-order valence-corrected chi connectivity index (χ2v) is 40.0. The first-order chi connectivity index (χ1) is 47.1. The van der Waals surface area contributed by atoms with Crippen LogP contribution in [0.2, 0.25) is 0 Å². The van der Waals surface area contributed by atoms with Crippen molar-refractivity contribution in [3.05, 3.63) is 0 Å². The van der Waals surface area contributed by atoms with E-state index in [-0.39, 0.29) is 58.0 Å². The molecule has 0 radical (unpaired) electrons. The molecule has 32 atom stereocenters. The molecule has 0 saturated heterocycles. The summed E-state index contributed by atoms with van der Waals surface area (Å²) in [5, 5.41) is 64.9. The topological polar surface area (TPSA) is 174 Å². The largest absolute Gasteiger partial charge is 0.463 e. The molecule has 0 bridgehead atoms. The lowest BCUT2D eigenvalue weighted by molar-refractivity contribution is -0.164. The van der Waals surface area contributed by atoms with Gasteiger partial charge in [-0.1, -0.05) is 79.1 Å². The van der Waals surface area contributed by atoms with E-state index in [4.69, 9.17) is 22.3 Å². The Morgan fingerprint density at radius 2 is 0.580 bits per heavy atom. The summed E-state index contributed by atoms with van der Waals surface area (Å²) in [6.07, 6.45) is 51.5. The van der Waals surface area contributed by atoms with Crippen molar-refractivity contribution in [3.63, 3.8) is 0 Å². The number of aliphatic hydroxyl groups excluding tert-OH is 2. The first-order valence-electron chi connectivity index (χ1n) is 41.6. The average Bonchev–Trinajstić information content (AvgIpc) is 1.59. The Bertz CT molecular complexity index is 3270. The highest BCUT2D eigenvalue weighted by atomic mass is 16.5. The maximum absolute atomic E-state index is 11.4. The van der Waals surface area contributed by atoms with Gasteiger partial charge >= 0.3 is 11.9 Å². The third-order valence-electron chi connectivity index (χ3n) is 36.9. The molecule has 16 aliphatic rings. The standard InChI is InChI=1S/C24H36O3.C23H34O3.C22H34O2.C21H32O2/c1-5-11-24(26)14-10-21-19-7-6-17-15-18(27-16(2)25)8-12-22(17,3)20(19)9-13-23(21,24)4;1-5-23(25)13-10-20-18-7-6-16-14-17(26-15(2)24)8-11-21(16,3)19(18)9-12-22(20,23)4;1-4-10-22(24)13-9-19-17-6-5-15-14-16(23)7-11-20(15,2)18(17)8-12-21(19,22)3;1-4-21(23)12-9-18-16-6-5-14-13-15(22)7-10-19(14,2)17(16)8-11-20(18,21)3/h17-21,26H,6-10,12-15H2,1-4H3;1,16-20,25H,6-14H2,2-4H3;15-19,23-24H,5-9,11-14H2,1-3H3;1,14-18,22-23H,5-13H2,2-3H3/t17-,18+,19?,20?,21?,22-,23-,24-;16-,17+,18?,19?,20?,21-,22-,23-;15-,16+,17?,18?,19?,20-,21-,22-;14-,15+,16?,17?,18?,19-,20-,21-/m0000/s1. The van der Waals surface area contributed by atoms with Gasteiger partial charge in [0.2, 0.25) is 0 Å². The molecule has 0 aromatic heterocycles. The molecule has 0 amide bonds. The number of hydrogen-bond acceptors (Lipinski definition) is 10. The van der Waals surface area contributed by atoms with Crippen LogP contribution in [0.5, 0.6) is 0 Å². The van der Waals surface area contributed by atoms with Gasteiger partial charge in [0, 0.05) is 35.5 Å². The van der Waals surface area contributed by atoms with Crippen molar-refractivity contribution < 1.29 is 49.7 Å². The molecule has 0 heterocycles. The van der Waals surface area contributed by atoms with Crippen LogP contribution < -0.4 is 0 Å². The highest BCUT2D eigenvalue weighted by Crippen LogP contribution is 2.73. The number of hydrogen-bond donors (Lipinski definition) is 6. The predicted molar refractivity (Wildman–Crippen MR) is 394 cm³/mol. The fourth-order valence-electron chi connectivity index (χ4n) is 31.0. The molecule has 0 aliphatic heterocycles. The van der Waals surface area contributed by atoms with Gasteiger partial charge in [0.1, 0.15) is 34.6 Å². The minimum absolute atomic E-state index is 0.0193. The predicted octanol–water partition coefficient (Wildman–Crippen LogP) is 16.9. The van der Waals surface area contributed by atoms with Crippen molar-refractivity contribution in [1.29, 1.82) is 0 Å². The number of carbonyl (C=O) groups excluding carboxylic acids is 2. The molecular formula is C90H136O10. The van der Waals surface area contributed by atoms with Crippen molar-refractivity contribution >= 4 is 11.9 Å². The van der Waals surface area contributed by atoms with Gasteiger partial charge in [-0.25, -0.2) is 0 Å². The molecule has 0 aromatic rings. The van der Waals surface area contributed by atoms with Gasteiger partial charge < -0.3 is 40.1 Å². The van der Waals surface area contributed by atoms with Crippen LogP contribution in [0.15, 0.2) is 0 Å². The Kier molecular flexibility index (Phi) is 20.3. The van der Waals surface area contributed by atoms with Crippen LogP contribution in [0.3, 0.4) is 0 Å². The van der Waals surface area contributed by atoms with Crippen LogP contribution in [0.1, 0.15) is 314 Å². The number of aliphatic hydroxyl groups is 6. The monoisotopic (exact) mass is 1380 g/mol. The summed E-state index contributed by atoms with van der Waals surface area (Å²) < 4.78 is 11.1. The fourth-order valence-corrected chi connectivity index (χ4v) is 31.0. The van der Waals surface area contributed by atoms with Crippen LogP contribution in [0.4, 0.5) is 0 Å². The average molecular weight is 1380 g/mol. The first kappa shape index (κ1) is 75.2. The highest BCUT2D eigenvalue weighted by Gasteiger charge is 2.69. The van der Waals surface area contributed by atoms with Gasteiger partial charge in [-0.2, -0.15) is 0 Å². The Morgan fingerprint density at radius 1 is 0.330 bits per heavy atom. The van der Waals surface area contributed by atoms with Crippen molar-refractivity contribution in [2.75, 3.05) is 0 Å². The van der Waals surface area contributed by atoms with Gasteiger partial charge in [0.25, 0.3) is 0 Å². The summed E-state index contributed by atoms with van der Waals surface area (Å²) in [5.41, 5.74) is -2.06. The highest BCUT2D eigenvalue weighted by molar-refractivity contribution is 5.66. The zero-order chi connectivity index (χ0) is 71.8. The lowest BCUT2D eigenvalue weighted by Gasteiger charge is -2.61. The molecule has 16 fully saturated rings. The summed E-state index contributed by atoms with van der Waals surface area (Å²) in [6, 6.07) is 0. The Balaban J connectivity index is 0.000000120. The third-order valence-corrected chi connectivity index (χ3v) is 36.9. The number of fused-ring (bicyclic) bond motifs is 20. The smallest absolute Gasteiger partial charge is 0.302 e.